The van der Waals surface area contributed by atoms with Crippen LogP contribution in [0.4, 0.5) is 5.69 Å². The lowest BCUT2D eigenvalue weighted by molar-refractivity contribution is -0.123. The number of ether oxygens (including phenoxy) is 2. The summed E-state index contributed by atoms with van der Waals surface area (Å²) >= 11 is 0. The summed E-state index contributed by atoms with van der Waals surface area (Å²) < 4.78 is 10.9. The number of benzene rings is 1. The van der Waals surface area contributed by atoms with Crippen molar-refractivity contribution in [3.63, 3.8) is 0 Å². The zero-order valence-corrected chi connectivity index (χ0v) is 14.4. The zero-order valence-electron chi connectivity index (χ0n) is 14.4. The molecule has 2 N–H and O–H groups in total. The van der Waals surface area contributed by atoms with Gasteiger partial charge in [0.15, 0.2) is 11.5 Å². The average molecular weight is 335 g/mol. The molecule has 0 saturated carbocycles. The molecule has 132 valence electrons. The molecule has 1 aromatic carbocycles. The van der Waals surface area contributed by atoms with Crippen LogP contribution in [-0.4, -0.2) is 55.6 Å². The van der Waals surface area contributed by atoms with Gasteiger partial charge in [-0.05, 0) is 32.5 Å². The van der Waals surface area contributed by atoms with Crippen molar-refractivity contribution in [2.75, 3.05) is 38.2 Å². The molecule has 1 heterocycles. The molecule has 24 heavy (non-hydrogen) atoms. The molecule has 0 saturated heterocycles. The van der Waals surface area contributed by atoms with Crippen LogP contribution >= 0.6 is 0 Å². The Morgan fingerprint density at radius 1 is 1.12 bits per heavy atom. The minimum atomic E-state index is -0.175. The molecule has 1 aromatic rings. The van der Waals surface area contributed by atoms with Crippen molar-refractivity contribution < 1.29 is 19.1 Å². The predicted molar refractivity (Wildman–Crippen MR) is 91.5 cm³/mol. The maximum absolute atomic E-state index is 12.2. The van der Waals surface area contributed by atoms with Gasteiger partial charge in [0.2, 0.25) is 11.8 Å². The highest BCUT2D eigenvalue weighted by molar-refractivity contribution is 5.93. The molecule has 0 fully saturated rings. The number of fused-ring (bicyclic) bond motifs is 1. The summed E-state index contributed by atoms with van der Waals surface area (Å²) in [6.45, 7) is 7.72. The molecule has 0 spiro atoms. The van der Waals surface area contributed by atoms with Gasteiger partial charge in [-0.1, -0.05) is 6.92 Å². The van der Waals surface area contributed by atoms with E-state index in [2.05, 4.69) is 10.6 Å². The number of carbonyl (C=O) groups excluding carboxylic acids is 2. The molecule has 1 aliphatic heterocycles. The largest absolute Gasteiger partial charge is 0.486 e. The van der Waals surface area contributed by atoms with Crippen LogP contribution in [0, 0.1) is 0 Å². The van der Waals surface area contributed by atoms with Crippen molar-refractivity contribution >= 4 is 17.5 Å². The highest BCUT2D eigenvalue weighted by Gasteiger charge is 2.16. The van der Waals surface area contributed by atoms with Gasteiger partial charge in [0.25, 0.3) is 0 Å². The van der Waals surface area contributed by atoms with Crippen LogP contribution in [0.2, 0.25) is 0 Å². The third kappa shape index (κ3) is 5.42. The van der Waals surface area contributed by atoms with Crippen LogP contribution in [0.1, 0.15) is 20.8 Å². The van der Waals surface area contributed by atoms with Gasteiger partial charge in [-0.3, -0.25) is 14.5 Å². The number of nitrogens with one attached hydrogen (secondary N) is 2. The minimum Gasteiger partial charge on any atom is -0.486 e. The zero-order chi connectivity index (χ0) is 17.5. The highest BCUT2D eigenvalue weighted by atomic mass is 16.6. The molecule has 7 heteroatoms. The van der Waals surface area contributed by atoms with Crippen molar-refractivity contribution in [2.24, 2.45) is 0 Å². The van der Waals surface area contributed by atoms with Gasteiger partial charge in [0, 0.05) is 17.8 Å². The van der Waals surface area contributed by atoms with Gasteiger partial charge in [0.05, 0.1) is 13.1 Å². The first-order valence-corrected chi connectivity index (χ1v) is 8.19. The fourth-order valence-corrected chi connectivity index (χ4v) is 2.37. The molecule has 0 aliphatic carbocycles. The van der Waals surface area contributed by atoms with Gasteiger partial charge >= 0.3 is 0 Å². The summed E-state index contributed by atoms with van der Waals surface area (Å²) in [5.74, 6) is 1.05. The Bertz CT molecular complexity index is 589. The lowest BCUT2D eigenvalue weighted by Crippen LogP contribution is -2.42. The standard InChI is InChI=1S/C17H25N3O4/c1-4-20(10-16(21)18-12(2)3)11-17(22)19-13-5-6-14-15(9-13)24-8-7-23-14/h5-6,9,12H,4,7-8,10-11H2,1-3H3,(H,18,21)(H,19,22). The Morgan fingerprint density at radius 2 is 1.79 bits per heavy atom. The van der Waals surface area contributed by atoms with E-state index in [1.165, 1.54) is 0 Å². The van der Waals surface area contributed by atoms with E-state index < -0.39 is 0 Å². The number of rotatable bonds is 7. The van der Waals surface area contributed by atoms with Crippen LogP contribution in [0.5, 0.6) is 11.5 Å². The number of carbonyl (C=O) groups is 2. The number of anilines is 1. The molecule has 0 radical (unpaired) electrons. The quantitative estimate of drug-likeness (QED) is 0.784. The van der Waals surface area contributed by atoms with E-state index in [1.54, 1.807) is 23.1 Å². The summed E-state index contributed by atoms with van der Waals surface area (Å²) in [6, 6.07) is 5.38. The summed E-state index contributed by atoms with van der Waals surface area (Å²) in [5, 5.41) is 5.64. The summed E-state index contributed by atoms with van der Waals surface area (Å²) in [5.41, 5.74) is 0.645. The average Bonchev–Trinajstić information content (AvgIpc) is 2.53. The van der Waals surface area contributed by atoms with E-state index in [4.69, 9.17) is 9.47 Å². The van der Waals surface area contributed by atoms with Crippen LogP contribution in [0.3, 0.4) is 0 Å². The van der Waals surface area contributed by atoms with Crippen molar-refractivity contribution in [1.82, 2.24) is 10.2 Å². The van der Waals surface area contributed by atoms with Gasteiger partial charge in [-0.25, -0.2) is 0 Å². The number of likely N-dealkylation sites (N-methyl/N-ethyl adjacent to an activating group) is 1. The van der Waals surface area contributed by atoms with E-state index in [0.717, 1.165) is 0 Å². The molecular formula is C17H25N3O4. The van der Waals surface area contributed by atoms with Gasteiger partial charge in [-0.15, -0.1) is 0 Å². The van der Waals surface area contributed by atoms with E-state index in [1.807, 2.05) is 20.8 Å². The Morgan fingerprint density at radius 3 is 2.46 bits per heavy atom. The van der Waals surface area contributed by atoms with Crippen LogP contribution in [0.25, 0.3) is 0 Å². The molecule has 2 amide bonds. The lowest BCUT2D eigenvalue weighted by atomic mass is 10.2. The molecule has 0 bridgehead atoms. The molecule has 0 atom stereocenters. The SMILES string of the molecule is CCN(CC(=O)Nc1ccc2c(c1)OCCO2)CC(=O)NC(C)C. The number of amides is 2. The molecule has 1 aliphatic rings. The van der Waals surface area contributed by atoms with Crippen LogP contribution in [-0.2, 0) is 9.59 Å². The topological polar surface area (TPSA) is 79.9 Å². The predicted octanol–water partition coefficient (Wildman–Crippen LogP) is 1.24. The fourth-order valence-electron chi connectivity index (χ4n) is 2.37. The first-order valence-electron chi connectivity index (χ1n) is 8.19. The Kier molecular flexibility index (Phi) is 6.43. The van der Waals surface area contributed by atoms with Gasteiger partial charge in [0.1, 0.15) is 13.2 Å². The van der Waals surface area contributed by atoms with E-state index in [-0.39, 0.29) is 30.9 Å². The number of hydrogen-bond acceptors (Lipinski definition) is 5. The summed E-state index contributed by atoms with van der Waals surface area (Å²) in [7, 11) is 0. The molecule has 0 aromatic heterocycles. The minimum absolute atomic E-state index is 0.0843. The summed E-state index contributed by atoms with van der Waals surface area (Å²) in [4.78, 5) is 25.8. The molecule has 2 rings (SSSR count). The monoisotopic (exact) mass is 335 g/mol. The summed E-state index contributed by atoms with van der Waals surface area (Å²) in [6.07, 6.45) is 0. The number of nitrogens with zero attached hydrogens (tertiary/aromatic N) is 1. The van der Waals surface area contributed by atoms with Crippen molar-refractivity contribution in [3.05, 3.63) is 18.2 Å². The van der Waals surface area contributed by atoms with E-state index >= 15 is 0 Å². The highest BCUT2D eigenvalue weighted by Crippen LogP contribution is 2.32. The Hall–Kier alpha value is -2.28. The smallest absolute Gasteiger partial charge is 0.238 e. The van der Waals surface area contributed by atoms with Crippen LogP contribution < -0.4 is 20.1 Å². The molecule has 7 nitrogen and oxygen atoms in total. The Labute approximate surface area is 142 Å². The van der Waals surface area contributed by atoms with Crippen molar-refractivity contribution in [2.45, 2.75) is 26.8 Å². The van der Waals surface area contributed by atoms with E-state index in [0.29, 0.717) is 36.9 Å². The fraction of sp³-hybridized carbons (Fsp3) is 0.529. The maximum Gasteiger partial charge on any atom is 0.238 e. The third-order valence-electron chi connectivity index (χ3n) is 3.46. The van der Waals surface area contributed by atoms with Crippen molar-refractivity contribution in [3.8, 4) is 11.5 Å². The second kappa shape index (κ2) is 8.54. The first kappa shape index (κ1) is 18.1. The van der Waals surface area contributed by atoms with Gasteiger partial charge in [-0.2, -0.15) is 0 Å². The van der Waals surface area contributed by atoms with Crippen LogP contribution in [0.15, 0.2) is 18.2 Å². The normalized spacial score (nSPS) is 13.0. The van der Waals surface area contributed by atoms with E-state index in [9.17, 15) is 9.59 Å². The second-order valence-corrected chi connectivity index (χ2v) is 5.93. The lowest BCUT2D eigenvalue weighted by Gasteiger charge is -2.21. The first-order chi connectivity index (χ1) is 11.5. The van der Waals surface area contributed by atoms with Gasteiger partial charge < -0.3 is 20.1 Å². The maximum atomic E-state index is 12.2. The molecule has 0 unspecified atom stereocenters. The third-order valence-corrected chi connectivity index (χ3v) is 3.46. The Balaban J connectivity index is 1.88. The van der Waals surface area contributed by atoms with Crippen molar-refractivity contribution in [1.29, 1.82) is 0 Å². The molecular weight excluding hydrogens is 310 g/mol. The number of hydrogen-bond donors (Lipinski definition) is 2. The second-order valence-electron chi connectivity index (χ2n) is 5.93.